The van der Waals surface area contributed by atoms with Gasteiger partial charge in [0.1, 0.15) is 0 Å². The molecule has 0 radical (unpaired) electrons. The van der Waals surface area contributed by atoms with E-state index in [2.05, 4.69) is 164 Å². The van der Waals surface area contributed by atoms with Crippen molar-refractivity contribution in [3.05, 3.63) is 292 Å². The number of fused-ring (bicyclic) bond motifs is 20. The van der Waals surface area contributed by atoms with Crippen molar-refractivity contribution in [2.75, 3.05) is 0 Å². The van der Waals surface area contributed by atoms with E-state index < -0.39 is 10.8 Å². The lowest BCUT2D eigenvalue weighted by molar-refractivity contribution is 0.103. The van der Waals surface area contributed by atoms with E-state index in [-0.39, 0.29) is 5.78 Å². The van der Waals surface area contributed by atoms with Gasteiger partial charge >= 0.3 is 0 Å². The maximum atomic E-state index is 15.5. The van der Waals surface area contributed by atoms with Crippen molar-refractivity contribution in [1.29, 1.82) is 0 Å². The summed E-state index contributed by atoms with van der Waals surface area (Å²) in [5.41, 5.74) is 21.8. The molecule has 70 heavy (non-hydrogen) atoms. The maximum Gasteiger partial charge on any atom is 0.193 e. The molecule has 324 valence electrons. The molecular weight excluding hydrogens is 851 g/mol. The molecule has 15 rings (SSSR count). The first-order valence-corrected chi connectivity index (χ1v) is 24.0. The van der Waals surface area contributed by atoms with Crippen LogP contribution in [-0.4, -0.2) is 20.7 Å². The number of carbonyl (C=O) groups is 1. The molecule has 1 heterocycles. The van der Waals surface area contributed by atoms with Crippen LogP contribution in [0.25, 0.3) is 78.7 Å². The first-order chi connectivity index (χ1) is 34.6. The van der Waals surface area contributed by atoms with Crippen LogP contribution >= 0.6 is 0 Å². The Morgan fingerprint density at radius 3 is 0.929 bits per heavy atom. The summed E-state index contributed by atoms with van der Waals surface area (Å²) in [6.07, 6.45) is 0. The minimum Gasteiger partial charge on any atom is -0.289 e. The minimum atomic E-state index is -0.720. The Morgan fingerprint density at radius 2 is 0.543 bits per heavy atom. The summed E-state index contributed by atoms with van der Waals surface area (Å²) < 4.78 is 0. The fourth-order valence-electron chi connectivity index (χ4n) is 12.8. The fraction of sp³-hybridized carbons (Fsp3) is 0.0303. The van der Waals surface area contributed by atoms with Crippen LogP contribution in [0.2, 0.25) is 0 Å². The van der Waals surface area contributed by atoms with Gasteiger partial charge in [-0.1, -0.05) is 218 Å². The number of nitrogens with zero attached hydrogens (tertiary/aromatic N) is 3. The number of rotatable bonds is 5. The van der Waals surface area contributed by atoms with Crippen LogP contribution in [0.5, 0.6) is 0 Å². The van der Waals surface area contributed by atoms with Crippen molar-refractivity contribution in [2.24, 2.45) is 0 Å². The standard InChI is InChI=1S/C66H39N3O/c70-61(42-31-34-50-47-23-9-14-28-55(47)65(58(50)37-42)53-26-12-7-21-45(53)46-22-8-13-27-54(46)65)43-32-35-51-48-24-10-15-29-56(48)66(59(51)38-43)57-30-16-11-25-49(57)52-36-33-44(39-60(52)66)64-68-62(40-17-3-1-4-18-40)67-63(69-64)41-19-5-2-6-20-41/h1-39H. The van der Waals surface area contributed by atoms with Crippen molar-refractivity contribution in [2.45, 2.75) is 10.8 Å². The van der Waals surface area contributed by atoms with Crippen molar-refractivity contribution in [3.63, 3.8) is 0 Å². The smallest absolute Gasteiger partial charge is 0.193 e. The quantitative estimate of drug-likeness (QED) is 0.162. The highest BCUT2D eigenvalue weighted by atomic mass is 16.1. The van der Waals surface area contributed by atoms with Gasteiger partial charge in [0.05, 0.1) is 10.8 Å². The molecule has 1 aromatic heterocycles. The van der Waals surface area contributed by atoms with E-state index in [0.29, 0.717) is 28.6 Å². The predicted octanol–water partition coefficient (Wildman–Crippen LogP) is 14.8. The van der Waals surface area contributed by atoms with Gasteiger partial charge < -0.3 is 0 Å². The Hall–Kier alpha value is -9.12. The lowest BCUT2D eigenvalue weighted by Gasteiger charge is -2.31. The molecule has 0 saturated carbocycles. The first kappa shape index (κ1) is 38.9. The zero-order valence-corrected chi connectivity index (χ0v) is 37.8. The summed E-state index contributed by atoms with van der Waals surface area (Å²) in [6, 6.07) is 83.7. The van der Waals surface area contributed by atoms with E-state index in [1.807, 2.05) is 72.8 Å². The van der Waals surface area contributed by atoms with E-state index in [0.717, 1.165) is 44.5 Å². The maximum absolute atomic E-state index is 15.5. The second-order valence-corrected chi connectivity index (χ2v) is 18.9. The van der Waals surface area contributed by atoms with E-state index >= 15 is 4.79 Å². The molecule has 10 aromatic carbocycles. The third-order valence-corrected chi connectivity index (χ3v) is 15.6. The average molecular weight is 890 g/mol. The van der Waals surface area contributed by atoms with Crippen LogP contribution in [-0.2, 0) is 10.8 Å². The van der Waals surface area contributed by atoms with Crippen LogP contribution in [0, 0.1) is 0 Å². The molecule has 2 spiro atoms. The molecule has 4 aliphatic rings. The van der Waals surface area contributed by atoms with Crippen LogP contribution in [0.1, 0.15) is 60.4 Å². The number of hydrogen-bond donors (Lipinski definition) is 0. The average Bonchev–Trinajstić information content (AvgIpc) is 4.11. The monoisotopic (exact) mass is 889 g/mol. The molecule has 0 saturated heterocycles. The van der Waals surface area contributed by atoms with Crippen LogP contribution in [0.3, 0.4) is 0 Å². The summed E-state index contributed by atoms with van der Waals surface area (Å²) in [4.78, 5) is 30.8. The highest BCUT2D eigenvalue weighted by Gasteiger charge is 2.53. The Bertz CT molecular complexity index is 3910. The van der Waals surface area contributed by atoms with Gasteiger partial charge in [-0.2, -0.15) is 0 Å². The van der Waals surface area contributed by atoms with Crippen molar-refractivity contribution >= 4 is 5.78 Å². The number of aromatic nitrogens is 3. The Kier molecular flexibility index (Phi) is 8.03. The lowest BCUT2D eigenvalue weighted by atomic mass is 9.69. The van der Waals surface area contributed by atoms with Gasteiger partial charge in [0.2, 0.25) is 0 Å². The summed E-state index contributed by atoms with van der Waals surface area (Å²) >= 11 is 0. The van der Waals surface area contributed by atoms with Gasteiger partial charge in [-0.25, -0.2) is 15.0 Å². The molecular formula is C66H39N3O. The normalized spacial score (nSPS) is 15.4. The van der Waals surface area contributed by atoms with Crippen LogP contribution in [0.15, 0.2) is 237 Å². The van der Waals surface area contributed by atoms with Crippen LogP contribution in [0.4, 0.5) is 0 Å². The second-order valence-electron chi connectivity index (χ2n) is 18.9. The third-order valence-electron chi connectivity index (χ3n) is 15.6. The summed E-state index contributed by atoms with van der Waals surface area (Å²) in [5.74, 6) is 1.83. The van der Waals surface area contributed by atoms with Gasteiger partial charge in [0.15, 0.2) is 23.3 Å². The molecule has 1 atom stereocenters. The van der Waals surface area contributed by atoms with Crippen molar-refractivity contribution in [3.8, 4) is 78.7 Å². The topological polar surface area (TPSA) is 55.7 Å². The zero-order chi connectivity index (χ0) is 46.1. The SMILES string of the molecule is O=C(c1ccc2c(c1)C1(c3ccccc3-c3ccccc31)c1ccccc1-2)c1ccc2c(c1)C1(c3ccccc3-2)c2ccccc2-c2ccc(-c3nc(-c4ccccc4)nc(-c4ccccc4)n3)cc21. The van der Waals surface area contributed by atoms with E-state index in [9.17, 15) is 0 Å². The minimum absolute atomic E-state index is 0.00490. The molecule has 4 aliphatic carbocycles. The van der Waals surface area contributed by atoms with E-state index in [4.69, 9.17) is 15.0 Å². The third kappa shape index (κ3) is 5.09. The molecule has 4 heteroatoms. The Balaban J connectivity index is 0.918. The van der Waals surface area contributed by atoms with Gasteiger partial charge in [-0.15, -0.1) is 0 Å². The molecule has 0 aliphatic heterocycles. The highest BCUT2D eigenvalue weighted by molar-refractivity contribution is 6.11. The van der Waals surface area contributed by atoms with Crippen molar-refractivity contribution in [1.82, 2.24) is 15.0 Å². The summed E-state index contributed by atoms with van der Waals surface area (Å²) in [6.45, 7) is 0. The number of ketones is 1. The number of benzene rings is 10. The Labute approximate surface area is 405 Å². The molecule has 0 bridgehead atoms. The van der Waals surface area contributed by atoms with Gasteiger partial charge in [-0.05, 0) is 107 Å². The number of carbonyl (C=O) groups excluding carboxylic acids is 1. The van der Waals surface area contributed by atoms with Gasteiger partial charge in [0.25, 0.3) is 0 Å². The number of hydrogen-bond acceptors (Lipinski definition) is 4. The highest BCUT2D eigenvalue weighted by Crippen LogP contribution is 2.65. The zero-order valence-electron chi connectivity index (χ0n) is 37.8. The van der Waals surface area contributed by atoms with Crippen molar-refractivity contribution < 1.29 is 4.79 Å². The molecule has 1 unspecified atom stereocenters. The summed E-state index contributed by atoms with van der Waals surface area (Å²) in [5, 5.41) is 0. The predicted molar refractivity (Wildman–Crippen MR) is 279 cm³/mol. The summed E-state index contributed by atoms with van der Waals surface area (Å²) in [7, 11) is 0. The van der Waals surface area contributed by atoms with Gasteiger partial charge in [-0.3, -0.25) is 4.79 Å². The molecule has 0 N–H and O–H groups in total. The molecule has 0 amide bonds. The van der Waals surface area contributed by atoms with Crippen LogP contribution < -0.4 is 0 Å². The second kappa shape index (κ2) is 14.4. The Morgan fingerprint density at radius 1 is 0.257 bits per heavy atom. The molecule has 11 aromatic rings. The first-order valence-electron chi connectivity index (χ1n) is 24.0. The molecule has 4 nitrogen and oxygen atoms in total. The van der Waals surface area contributed by atoms with E-state index in [1.54, 1.807) is 0 Å². The van der Waals surface area contributed by atoms with Gasteiger partial charge in [0, 0.05) is 27.8 Å². The molecule has 0 fully saturated rings. The lowest BCUT2D eigenvalue weighted by Crippen LogP contribution is -2.26. The largest absolute Gasteiger partial charge is 0.289 e. The fourth-order valence-corrected chi connectivity index (χ4v) is 12.8. The van der Waals surface area contributed by atoms with E-state index in [1.165, 1.54) is 61.2 Å².